The maximum atomic E-state index is 4.20. The highest BCUT2D eigenvalue weighted by molar-refractivity contribution is 5.24. The van der Waals surface area contributed by atoms with E-state index in [1.165, 1.54) is 32.1 Å². The van der Waals surface area contributed by atoms with Gasteiger partial charge in [0.05, 0.1) is 5.54 Å². The number of rotatable bonds is 2. The molecule has 0 aromatic rings. The van der Waals surface area contributed by atoms with E-state index in [1.54, 1.807) is 5.57 Å². The third-order valence-corrected chi connectivity index (χ3v) is 5.70. The van der Waals surface area contributed by atoms with Crippen LogP contribution in [-0.4, -0.2) is 5.54 Å². The maximum absolute atomic E-state index is 4.20. The summed E-state index contributed by atoms with van der Waals surface area (Å²) >= 11 is 0. The number of allylic oxidation sites excluding steroid dienone is 1. The highest BCUT2D eigenvalue weighted by Crippen LogP contribution is 2.52. The standard InChI is InChI=1S/C16H29N/c1-12(2)14-8-10-15(4)9-6-7-13(3)16(15,11-14)17-5/h11-13H,5-10,17H2,1-4H3/t13-,15-,16-/m0/s1. The molecular weight excluding hydrogens is 206 g/mol. The molecule has 0 spiro atoms. The molecule has 2 N–H and O–H groups in total. The minimum atomic E-state index is 0.267. The highest BCUT2D eigenvalue weighted by atomic mass is 15.0. The fraction of sp³-hybridized carbons (Fsp3) is 0.812. The molecule has 0 amide bonds. The van der Waals surface area contributed by atoms with Gasteiger partial charge in [0.1, 0.15) is 0 Å². The van der Waals surface area contributed by atoms with Crippen molar-refractivity contribution in [2.75, 3.05) is 0 Å². The number of hydrogen-bond acceptors (Lipinski definition) is 0. The van der Waals surface area contributed by atoms with Gasteiger partial charge in [-0.3, -0.25) is 0 Å². The van der Waals surface area contributed by atoms with Crippen molar-refractivity contribution < 1.29 is 5.32 Å². The highest BCUT2D eigenvalue weighted by Gasteiger charge is 2.54. The van der Waals surface area contributed by atoms with Crippen molar-refractivity contribution in [3.05, 3.63) is 18.7 Å². The van der Waals surface area contributed by atoms with Crippen LogP contribution in [0, 0.1) is 24.3 Å². The topological polar surface area (TPSA) is 16.6 Å². The second-order valence-electron chi connectivity index (χ2n) is 6.87. The quantitative estimate of drug-likeness (QED) is 0.559. The number of nitrogens with two attached hydrogens (primary N) is 1. The van der Waals surface area contributed by atoms with Gasteiger partial charge in [-0.2, -0.15) is 7.05 Å². The van der Waals surface area contributed by atoms with E-state index in [4.69, 9.17) is 0 Å². The van der Waals surface area contributed by atoms with E-state index in [2.05, 4.69) is 46.1 Å². The minimum absolute atomic E-state index is 0.267. The van der Waals surface area contributed by atoms with Gasteiger partial charge < -0.3 is 5.32 Å². The van der Waals surface area contributed by atoms with Gasteiger partial charge in [-0.05, 0) is 37.7 Å². The summed E-state index contributed by atoms with van der Waals surface area (Å²) < 4.78 is 0. The van der Waals surface area contributed by atoms with E-state index < -0.39 is 0 Å². The van der Waals surface area contributed by atoms with Crippen LogP contribution in [0.1, 0.15) is 59.8 Å². The first-order valence-corrected chi connectivity index (χ1v) is 7.30. The Labute approximate surface area is 107 Å². The van der Waals surface area contributed by atoms with Crippen LogP contribution in [0.15, 0.2) is 11.6 Å². The molecule has 2 rings (SSSR count). The molecule has 2 aliphatic carbocycles. The van der Waals surface area contributed by atoms with Crippen molar-refractivity contribution in [1.29, 1.82) is 0 Å². The minimum Gasteiger partial charge on any atom is -0.470 e. The summed E-state index contributed by atoms with van der Waals surface area (Å²) in [7, 11) is 4.20. The van der Waals surface area contributed by atoms with E-state index in [0.29, 0.717) is 11.3 Å². The molecule has 0 saturated heterocycles. The Morgan fingerprint density at radius 3 is 2.71 bits per heavy atom. The zero-order valence-corrected chi connectivity index (χ0v) is 12.1. The van der Waals surface area contributed by atoms with Gasteiger partial charge in [-0.15, -0.1) is 0 Å². The predicted molar refractivity (Wildman–Crippen MR) is 73.3 cm³/mol. The maximum Gasteiger partial charge on any atom is 0.0991 e. The third kappa shape index (κ3) is 1.87. The van der Waals surface area contributed by atoms with E-state index in [0.717, 1.165) is 5.92 Å². The lowest BCUT2D eigenvalue weighted by Gasteiger charge is -2.56. The Morgan fingerprint density at radius 2 is 2.12 bits per heavy atom. The van der Waals surface area contributed by atoms with Crippen molar-refractivity contribution in [3.63, 3.8) is 0 Å². The summed E-state index contributed by atoms with van der Waals surface area (Å²) in [6.07, 6.45) is 9.41. The average molecular weight is 235 g/mol. The fourth-order valence-electron chi connectivity index (χ4n) is 4.27. The Kier molecular flexibility index (Phi) is 3.42. The van der Waals surface area contributed by atoms with E-state index in [-0.39, 0.29) is 5.54 Å². The largest absolute Gasteiger partial charge is 0.470 e. The molecule has 1 nitrogen and oxygen atoms in total. The SMILES string of the molecule is [CH2-][NH2+][C@]12C=C(C(C)C)CC[C@]1(C)CCC[C@@H]2C. The molecule has 0 radical (unpaired) electrons. The third-order valence-electron chi connectivity index (χ3n) is 5.70. The van der Waals surface area contributed by atoms with E-state index >= 15 is 0 Å². The summed E-state index contributed by atoms with van der Waals surface area (Å²) in [6.45, 7) is 9.59. The first kappa shape index (κ1) is 13.1. The lowest BCUT2D eigenvalue weighted by molar-refractivity contribution is -0.692. The number of hydrogen-bond donors (Lipinski definition) is 1. The van der Waals surface area contributed by atoms with Gasteiger partial charge in [0, 0.05) is 11.3 Å². The molecule has 3 atom stereocenters. The number of fused-ring (bicyclic) bond motifs is 1. The van der Waals surface area contributed by atoms with Crippen LogP contribution in [0.5, 0.6) is 0 Å². The Morgan fingerprint density at radius 1 is 1.41 bits per heavy atom. The van der Waals surface area contributed by atoms with Crippen LogP contribution < -0.4 is 5.32 Å². The Balaban J connectivity index is 2.44. The lowest BCUT2D eigenvalue weighted by Crippen LogP contribution is -2.97. The van der Waals surface area contributed by atoms with Crippen LogP contribution in [0.2, 0.25) is 0 Å². The summed E-state index contributed by atoms with van der Waals surface area (Å²) in [5, 5.41) is 2.28. The van der Waals surface area contributed by atoms with E-state index in [1.807, 2.05) is 0 Å². The van der Waals surface area contributed by atoms with Crippen molar-refractivity contribution in [1.82, 2.24) is 0 Å². The first-order chi connectivity index (χ1) is 7.95. The fourth-order valence-corrected chi connectivity index (χ4v) is 4.27. The molecule has 0 aromatic carbocycles. The summed E-state index contributed by atoms with van der Waals surface area (Å²) in [6, 6.07) is 0. The van der Waals surface area contributed by atoms with Gasteiger partial charge >= 0.3 is 0 Å². The summed E-state index contributed by atoms with van der Waals surface area (Å²) in [5.41, 5.74) is 2.39. The van der Waals surface area contributed by atoms with Gasteiger partial charge in [0.15, 0.2) is 0 Å². The molecule has 0 aliphatic heterocycles. The van der Waals surface area contributed by atoms with Crippen molar-refractivity contribution in [3.8, 4) is 0 Å². The molecule has 98 valence electrons. The molecule has 0 aromatic heterocycles. The molecule has 2 aliphatic rings. The van der Waals surface area contributed by atoms with E-state index in [9.17, 15) is 0 Å². The van der Waals surface area contributed by atoms with Crippen LogP contribution >= 0.6 is 0 Å². The smallest absolute Gasteiger partial charge is 0.0991 e. The monoisotopic (exact) mass is 235 g/mol. The van der Waals surface area contributed by atoms with Crippen LogP contribution in [0.3, 0.4) is 0 Å². The molecule has 0 bridgehead atoms. The Hall–Kier alpha value is -0.300. The summed E-state index contributed by atoms with van der Waals surface area (Å²) in [4.78, 5) is 0. The molecular formula is C16H29N. The number of quaternary nitrogens is 1. The normalized spacial score (nSPS) is 42.2. The van der Waals surface area contributed by atoms with Crippen LogP contribution in [-0.2, 0) is 0 Å². The average Bonchev–Trinajstić information content (AvgIpc) is 2.28. The second kappa shape index (κ2) is 4.42. The van der Waals surface area contributed by atoms with Crippen LogP contribution in [0.4, 0.5) is 0 Å². The molecule has 17 heavy (non-hydrogen) atoms. The molecule has 1 fully saturated rings. The lowest BCUT2D eigenvalue weighted by atomic mass is 9.53. The zero-order valence-electron chi connectivity index (χ0n) is 12.1. The molecule has 0 unspecified atom stereocenters. The van der Waals surface area contributed by atoms with Gasteiger partial charge in [-0.1, -0.05) is 39.7 Å². The van der Waals surface area contributed by atoms with Crippen molar-refractivity contribution in [2.24, 2.45) is 17.3 Å². The van der Waals surface area contributed by atoms with Gasteiger partial charge in [0.25, 0.3) is 0 Å². The summed E-state index contributed by atoms with van der Waals surface area (Å²) in [5.74, 6) is 1.46. The zero-order chi connectivity index (χ0) is 12.7. The Bertz CT molecular complexity index is 317. The predicted octanol–water partition coefficient (Wildman–Crippen LogP) is 3.28. The first-order valence-electron chi connectivity index (χ1n) is 7.30. The van der Waals surface area contributed by atoms with Gasteiger partial charge in [-0.25, -0.2) is 0 Å². The van der Waals surface area contributed by atoms with Gasteiger partial charge in [0.2, 0.25) is 0 Å². The van der Waals surface area contributed by atoms with Crippen molar-refractivity contribution in [2.45, 2.75) is 65.3 Å². The van der Waals surface area contributed by atoms with Crippen molar-refractivity contribution >= 4 is 0 Å². The molecule has 1 saturated carbocycles. The molecule has 1 heteroatoms. The van der Waals surface area contributed by atoms with Crippen LogP contribution in [0.25, 0.3) is 0 Å². The molecule has 0 heterocycles. The second-order valence-corrected chi connectivity index (χ2v) is 6.87.